The fourth-order valence-corrected chi connectivity index (χ4v) is 7.49. The first-order valence-corrected chi connectivity index (χ1v) is 10.2. The van der Waals surface area contributed by atoms with Gasteiger partial charge in [0.1, 0.15) is 0 Å². The first kappa shape index (κ1) is 13.9. The van der Waals surface area contributed by atoms with Gasteiger partial charge in [0.2, 0.25) is 0 Å². The lowest BCUT2D eigenvalue weighted by Crippen LogP contribution is -2.55. The molecule has 1 amide bonds. The summed E-state index contributed by atoms with van der Waals surface area (Å²) in [5.41, 5.74) is 0. The normalized spacial score (nSPS) is 47.3. The van der Waals surface area contributed by atoms with E-state index in [4.69, 9.17) is 0 Å². The van der Waals surface area contributed by atoms with Crippen LogP contribution in [0.5, 0.6) is 0 Å². The molecule has 1 N–H and O–H groups in total. The third-order valence-corrected chi connectivity index (χ3v) is 8.31. The molecule has 0 radical (unpaired) electrons. The van der Waals surface area contributed by atoms with Gasteiger partial charge in [-0.05, 0) is 74.5 Å². The van der Waals surface area contributed by atoms with Gasteiger partial charge in [-0.3, -0.25) is 4.79 Å². The van der Waals surface area contributed by atoms with Gasteiger partial charge in [0.15, 0.2) is 5.17 Å². The van der Waals surface area contributed by atoms with E-state index in [-0.39, 0.29) is 11.2 Å². The van der Waals surface area contributed by atoms with Crippen molar-refractivity contribution >= 4 is 22.8 Å². The third kappa shape index (κ3) is 2.24. The lowest BCUT2D eigenvalue weighted by atomic mass is 9.54. The van der Waals surface area contributed by atoms with Crippen molar-refractivity contribution in [1.29, 1.82) is 0 Å². The van der Waals surface area contributed by atoms with Crippen LogP contribution in [0.15, 0.2) is 4.99 Å². The largest absolute Gasteiger partial charge is 0.361 e. The summed E-state index contributed by atoms with van der Waals surface area (Å²) in [4.78, 5) is 16.7. The van der Waals surface area contributed by atoms with E-state index in [1.165, 1.54) is 57.8 Å². The summed E-state index contributed by atoms with van der Waals surface area (Å²) in [7, 11) is 0. The Bertz CT molecular complexity index is 483. The van der Waals surface area contributed by atoms with Crippen LogP contribution in [0, 0.1) is 29.6 Å². The minimum Gasteiger partial charge on any atom is -0.361 e. The molecule has 1 aliphatic heterocycles. The number of carbonyl (C=O) groups is 1. The van der Waals surface area contributed by atoms with Crippen LogP contribution < -0.4 is 5.32 Å². The van der Waals surface area contributed by atoms with E-state index in [1.807, 2.05) is 0 Å². The summed E-state index contributed by atoms with van der Waals surface area (Å²) in [5, 5.41) is 4.82. The summed E-state index contributed by atoms with van der Waals surface area (Å²) in [6.07, 6.45) is 12.2. The number of hydrogen-bond donors (Lipinski definition) is 1. The molecular weight excluding hydrogens is 292 g/mol. The molecule has 5 aliphatic carbocycles. The first-order valence-electron chi connectivity index (χ1n) is 9.32. The van der Waals surface area contributed by atoms with Crippen LogP contribution in [0.4, 0.5) is 0 Å². The minimum absolute atomic E-state index is 0.127. The van der Waals surface area contributed by atoms with Crippen molar-refractivity contribution in [2.24, 2.45) is 34.6 Å². The smallest absolute Gasteiger partial charge is 0.261 e. The molecule has 1 heterocycles. The van der Waals surface area contributed by atoms with Crippen LogP contribution in [0.2, 0.25) is 0 Å². The van der Waals surface area contributed by atoms with Crippen LogP contribution in [-0.2, 0) is 4.79 Å². The molecule has 120 valence electrons. The van der Waals surface area contributed by atoms with E-state index < -0.39 is 0 Å². The van der Waals surface area contributed by atoms with Gasteiger partial charge < -0.3 is 5.32 Å². The zero-order valence-electron chi connectivity index (χ0n) is 13.2. The summed E-state index contributed by atoms with van der Waals surface area (Å²) >= 11 is 1.75. The highest BCUT2D eigenvalue weighted by Gasteiger charge is 2.49. The molecule has 5 saturated carbocycles. The van der Waals surface area contributed by atoms with Crippen molar-refractivity contribution < 1.29 is 4.79 Å². The molecule has 4 bridgehead atoms. The first-order chi connectivity index (χ1) is 10.8. The van der Waals surface area contributed by atoms with Crippen LogP contribution in [0.25, 0.3) is 0 Å². The number of aliphatic imine (C=N–C) groups is 1. The van der Waals surface area contributed by atoms with Crippen LogP contribution in [0.3, 0.4) is 0 Å². The fourth-order valence-electron chi connectivity index (χ4n) is 6.29. The molecule has 4 heteroatoms. The maximum absolute atomic E-state index is 12.3. The maximum Gasteiger partial charge on any atom is 0.261 e. The topological polar surface area (TPSA) is 41.5 Å². The van der Waals surface area contributed by atoms with E-state index in [2.05, 4.69) is 10.3 Å². The van der Waals surface area contributed by atoms with E-state index in [0.29, 0.717) is 12.0 Å². The van der Waals surface area contributed by atoms with Crippen molar-refractivity contribution in [3.05, 3.63) is 0 Å². The number of nitrogens with zero attached hydrogens (tertiary/aromatic N) is 1. The van der Waals surface area contributed by atoms with E-state index >= 15 is 0 Å². The zero-order chi connectivity index (χ0) is 14.7. The summed E-state index contributed by atoms with van der Waals surface area (Å²) < 4.78 is 0. The Morgan fingerprint density at radius 3 is 2.18 bits per heavy atom. The van der Waals surface area contributed by atoms with Crippen LogP contribution in [0.1, 0.15) is 57.8 Å². The van der Waals surface area contributed by atoms with E-state index in [9.17, 15) is 4.79 Å². The minimum atomic E-state index is 0.127. The molecule has 1 atom stereocenters. The number of thioether (sulfide) groups is 1. The highest BCUT2D eigenvalue weighted by Crippen LogP contribution is 2.54. The van der Waals surface area contributed by atoms with Crippen molar-refractivity contribution in [2.45, 2.75) is 69.1 Å². The van der Waals surface area contributed by atoms with Gasteiger partial charge in [-0.25, -0.2) is 0 Å². The van der Waals surface area contributed by atoms with E-state index in [1.54, 1.807) is 11.8 Å². The highest BCUT2D eigenvalue weighted by molar-refractivity contribution is 8.15. The lowest BCUT2D eigenvalue weighted by molar-refractivity contribution is -0.117. The van der Waals surface area contributed by atoms with Gasteiger partial charge in [0, 0.05) is 6.04 Å². The molecule has 22 heavy (non-hydrogen) atoms. The quantitative estimate of drug-likeness (QED) is 0.846. The van der Waals surface area contributed by atoms with Crippen molar-refractivity contribution in [3.8, 4) is 0 Å². The SMILES string of the molecule is O=C1N=C(NC2C3CC4CC(C3)CC2C4)SC1C1CCCC1. The zero-order valence-corrected chi connectivity index (χ0v) is 14.0. The van der Waals surface area contributed by atoms with E-state index in [0.717, 1.165) is 28.8 Å². The molecule has 0 aromatic heterocycles. The summed E-state index contributed by atoms with van der Waals surface area (Å²) in [6.45, 7) is 0. The van der Waals surface area contributed by atoms with Gasteiger partial charge >= 0.3 is 0 Å². The molecule has 0 aromatic rings. The Hall–Kier alpha value is -0.510. The predicted octanol–water partition coefficient (Wildman–Crippen LogP) is 3.59. The highest BCUT2D eigenvalue weighted by atomic mass is 32.2. The van der Waals surface area contributed by atoms with Gasteiger partial charge in [0.25, 0.3) is 5.91 Å². The second kappa shape index (κ2) is 5.25. The number of amides is 1. The summed E-state index contributed by atoms with van der Waals surface area (Å²) in [5.74, 6) is 4.43. The van der Waals surface area contributed by atoms with Gasteiger partial charge in [-0.1, -0.05) is 24.6 Å². The molecule has 3 nitrogen and oxygen atoms in total. The fraction of sp³-hybridized carbons (Fsp3) is 0.889. The number of hydrogen-bond acceptors (Lipinski definition) is 3. The molecule has 5 fully saturated rings. The second-order valence-corrected chi connectivity index (χ2v) is 9.57. The van der Waals surface area contributed by atoms with Gasteiger partial charge in [0.05, 0.1) is 5.25 Å². The standard InChI is InChI=1S/C18H26N2OS/c21-17-16(12-3-1-2-4-12)22-18(20-17)19-15-13-6-10-5-11(8-13)9-14(15)7-10/h10-16H,1-9H2,(H,19,20,21). The molecule has 0 saturated heterocycles. The van der Waals surface area contributed by atoms with Crippen molar-refractivity contribution in [2.75, 3.05) is 0 Å². The average Bonchev–Trinajstić information content (AvgIpc) is 3.11. The molecule has 0 spiro atoms. The van der Waals surface area contributed by atoms with Crippen molar-refractivity contribution in [3.63, 3.8) is 0 Å². The second-order valence-electron chi connectivity index (χ2n) is 8.44. The maximum atomic E-state index is 12.3. The third-order valence-electron chi connectivity index (χ3n) is 7.04. The monoisotopic (exact) mass is 318 g/mol. The Kier molecular flexibility index (Phi) is 3.32. The van der Waals surface area contributed by atoms with Crippen LogP contribution in [-0.4, -0.2) is 22.4 Å². The number of amidine groups is 1. The number of carbonyl (C=O) groups excluding carboxylic acids is 1. The summed E-state index contributed by atoms with van der Waals surface area (Å²) in [6, 6.07) is 0.606. The lowest BCUT2D eigenvalue weighted by Gasteiger charge is -2.54. The molecular formula is C18H26N2OS. The molecule has 6 rings (SSSR count). The Morgan fingerprint density at radius 1 is 0.909 bits per heavy atom. The molecule has 6 aliphatic rings. The number of rotatable bonds is 2. The molecule has 1 unspecified atom stereocenters. The predicted molar refractivity (Wildman–Crippen MR) is 89.7 cm³/mol. The average molecular weight is 318 g/mol. The van der Waals surface area contributed by atoms with Gasteiger partial charge in [-0.15, -0.1) is 0 Å². The Morgan fingerprint density at radius 2 is 1.55 bits per heavy atom. The Labute approximate surface area is 137 Å². The van der Waals surface area contributed by atoms with Crippen molar-refractivity contribution in [1.82, 2.24) is 5.32 Å². The number of nitrogens with one attached hydrogen (secondary N) is 1. The molecule has 0 aromatic carbocycles. The Balaban J connectivity index is 1.27. The van der Waals surface area contributed by atoms with Gasteiger partial charge in [-0.2, -0.15) is 4.99 Å². The van der Waals surface area contributed by atoms with Crippen LogP contribution >= 0.6 is 11.8 Å².